The van der Waals surface area contributed by atoms with Gasteiger partial charge in [0.05, 0.1) is 4.90 Å². The van der Waals surface area contributed by atoms with Gasteiger partial charge in [0.25, 0.3) is 0 Å². The smallest absolute Gasteiger partial charge is 0.241 e. The third kappa shape index (κ3) is 5.14. The number of likely N-dealkylation sites (tertiary alicyclic amines) is 1. The summed E-state index contributed by atoms with van der Waals surface area (Å²) in [7, 11) is -3.94. The van der Waals surface area contributed by atoms with E-state index in [1.807, 2.05) is 30.3 Å². The Morgan fingerprint density at radius 1 is 1.00 bits per heavy atom. The van der Waals surface area contributed by atoms with E-state index >= 15 is 0 Å². The summed E-state index contributed by atoms with van der Waals surface area (Å²) in [5.74, 6) is -0.733. The summed E-state index contributed by atoms with van der Waals surface area (Å²) in [5, 5.41) is 0. The maximum Gasteiger partial charge on any atom is 0.241 e. The lowest BCUT2D eigenvalue weighted by molar-refractivity contribution is -0.133. The number of nitrogens with one attached hydrogen (secondary N) is 1. The second-order valence-electron chi connectivity index (χ2n) is 6.70. The van der Waals surface area contributed by atoms with Crippen LogP contribution in [0, 0.1) is 5.82 Å². The quantitative estimate of drug-likeness (QED) is 0.825. The molecule has 0 radical (unpaired) electrons. The summed E-state index contributed by atoms with van der Waals surface area (Å²) >= 11 is 0. The highest BCUT2D eigenvalue weighted by atomic mass is 32.2. The zero-order chi connectivity index (χ0) is 19.3. The monoisotopic (exact) mass is 390 g/mol. The number of hydrogen-bond donors (Lipinski definition) is 1. The molecule has 3 rings (SSSR count). The molecule has 1 aliphatic heterocycles. The molecule has 1 saturated heterocycles. The second-order valence-corrected chi connectivity index (χ2v) is 8.42. The van der Waals surface area contributed by atoms with E-state index in [0.29, 0.717) is 13.1 Å². The minimum atomic E-state index is -3.94. The first-order valence-corrected chi connectivity index (χ1v) is 10.5. The van der Waals surface area contributed by atoms with Gasteiger partial charge in [0.1, 0.15) is 11.9 Å². The van der Waals surface area contributed by atoms with Crippen LogP contribution in [0.25, 0.3) is 0 Å². The summed E-state index contributed by atoms with van der Waals surface area (Å²) in [6.07, 6.45) is 3.19. The van der Waals surface area contributed by atoms with E-state index in [1.54, 1.807) is 4.90 Å². The highest BCUT2D eigenvalue weighted by molar-refractivity contribution is 7.89. The lowest BCUT2D eigenvalue weighted by Gasteiger charge is -2.30. The van der Waals surface area contributed by atoms with E-state index in [9.17, 15) is 17.6 Å². The fraction of sp³-hybridized carbons (Fsp3) is 0.350. The molecule has 0 aliphatic carbocycles. The Labute approximate surface area is 159 Å². The van der Waals surface area contributed by atoms with E-state index in [1.165, 1.54) is 12.1 Å². The molecule has 2 aromatic rings. The molecule has 27 heavy (non-hydrogen) atoms. The Balaban J connectivity index is 1.84. The number of halogens is 1. The molecule has 1 fully saturated rings. The van der Waals surface area contributed by atoms with Crippen LogP contribution in [0.15, 0.2) is 59.5 Å². The van der Waals surface area contributed by atoms with E-state index < -0.39 is 21.9 Å². The van der Waals surface area contributed by atoms with Crippen LogP contribution in [0.4, 0.5) is 4.39 Å². The third-order valence-corrected chi connectivity index (χ3v) is 6.16. The summed E-state index contributed by atoms with van der Waals surface area (Å²) < 4.78 is 41.1. The van der Waals surface area contributed by atoms with Crippen LogP contribution in [0.2, 0.25) is 0 Å². The van der Waals surface area contributed by atoms with Gasteiger partial charge in [-0.2, -0.15) is 4.72 Å². The zero-order valence-corrected chi connectivity index (χ0v) is 15.8. The minimum Gasteiger partial charge on any atom is -0.341 e. The van der Waals surface area contributed by atoms with Crippen LogP contribution >= 0.6 is 0 Å². The number of carbonyl (C=O) groups excluding carboxylic acids is 1. The van der Waals surface area contributed by atoms with Crippen LogP contribution in [-0.2, 0) is 21.2 Å². The fourth-order valence-electron chi connectivity index (χ4n) is 3.23. The molecule has 5 nitrogen and oxygen atoms in total. The Bertz CT molecular complexity index is 864. The third-order valence-electron chi connectivity index (χ3n) is 4.67. The van der Waals surface area contributed by atoms with Gasteiger partial charge < -0.3 is 4.90 Å². The van der Waals surface area contributed by atoms with Gasteiger partial charge >= 0.3 is 0 Å². The standard InChI is InChI=1S/C20H23FN2O3S/c21-17-9-11-18(12-10-17)27(25,26)22-19(15-16-7-3-1-4-8-16)20(24)23-13-5-2-6-14-23/h1,3-4,7-12,19,22H,2,5-6,13-15H2. The average molecular weight is 390 g/mol. The number of sulfonamides is 1. The van der Waals surface area contributed by atoms with Gasteiger partial charge in [-0.25, -0.2) is 12.8 Å². The van der Waals surface area contributed by atoms with Crippen molar-refractivity contribution < 1.29 is 17.6 Å². The Kier molecular flexibility index (Phi) is 6.23. The van der Waals surface area contributed by atoms with E-state index in [2.05, 4.69) is 4.72 Å². The molecule has 1 aliphatic rings. The zero-order valence-electron chi connectivity index (χ0n) is 15.0. The molecule has 2 aromatic carbocycles. The van der Waals surface area contributed by atoms with Crippen molar-refractivity contribution in [1.82, 2.24) is 9.62 Å². The molecule has 144 valence electrons. The molecule has 0 bridgehead atoms. The van der Waals surface area contributed by atoms with Crippen LogP contribution < -0.4 is 4.72 Å². The maximum absolute atomic E-state index is 13.1. The van der Waals surface area contributed by atoms with Crippen molar-refractivity contribution in [2.24, 2.45) is 0 Å². The minimum absolute atomic E-state index is 0.0617. The number of piperidine rings is 1. The maximum atomic E-state index is 13.1. The normalized spacial score (nSPS) is 16.1. The highest BCUT2D eigenvalue weighted by Gasteiger charge is 2.30. The molecule has 7 heteroatoms. The van der Waals surface area contributed by atoms with Crippen molar-refractivity contribution in [3.63, 3.8) is 0 Å². The average Bonchev–Trinajstić information content (AvgIpc) is 2.68. The molecule has 1 heterocycles. The first-order chi connectivity index (χ1) is 13.0. The molecular weight excluding hydrogens is 367 g/mol. The molecule has 1 atom stereocenters. The first kappa shape index (κ1) is 19.5. The summed E-state index contributed by atoms with van der Waals surface area (Å²) in [6.45, 7) is 1.28. The van der Waals surface area contributed by atoms with Gasteiger partial charge in [-0.15, -0.1) is 0 Å². The van der Waals surface area contributed by atoms with Gasteiger partial charge in [0.2, 0.25) is 15.9 Å². The van der Waals surface area contributed by atoms with Crippen molar-refractivity contribution in [1.29, 1.82) is 0 Å². The van der Waals surface area contributed by atoms with Crippen molar-refractivity contribution in [3.8, 4) is 0 Å². The van der Waals surface area contributed by atoms with Gasteiger partial charge in [0.15, 0.2) is 0 Å². The van der Waals surface area contributed by atoms with Crippen molar-refractivity contribution >= 4 is 15.9 Å². The Hall–Kier alpha value is -2.25. The lowest BCUT2D eigenvalue weighted by atomic mass is 10.0. The molecule has 0 saturated carbocycles. The number of benzene rings is 2. The first-order valence-electron chi connectivity index (χ1n) is 9.06. The Morgan fingerprint density at radius 2 is 1.63 bits per heavy atom. The number of nitrogens with zero attached hydrogens (tertiary/aromatic N) is 1. The number of amides is 1. The number of carbonyl (C=O) groups is 1. The van der Waals surface area contributed by atoms with Crippen molar-refractivity contribution in [3.05, 3.63) is 66.0 Å². The second kappa shape index (κ2) is 8.63. The summed E-state index contributed by atoms with van der Waals surface area (Å²) in [6, 6.07) is 13.0. The number of hydrogen-bond acceptors (Lipinski definition) is 3. The van der Waals surface area contributed by atoms with E-state index in [4.69, 9.17) is 0 Å². The molecule has 0 spiro atoms. The van der Waals surface area contributed by atoms with Gasteiger partial charge in [0, 0.05) is 13.1 Å². The molecule has 1 unspecified atom stereocenters. The predicted octanol–water partition coefficient (Wildman–Crippen LogP) is 2.73. The van der Waals surface area contributed by atoms with Crippen LogP contribution in [0.5, 0.6) is 0 Å². The lowest BCUT2D eigenvalue weighted by Crippen LogP contribution is -2.50. The fourth-order valence-corrected chi connectivity index (χ4v) is 4.42. The summed E-state index contributed by atoms with van der Waals surface area (Å²) in [4.78, 5) is 14.7. The van der Waals surface area contributed by atoms with Gasteiger partial charge in [-0.3, -0.25) is 4.79 Å². The molecule has 1 amide bonds. The van der Waals surface area contributed by atoms with Gasteiger partial charge in [-0.1, -0.05) is 30.3 Å². The molecule has 1 N–H and O–H groups in total. The topological polar surface area (TPSA) is 66.5 Å². The summed E-state index contributed by atoms with van der Waals surface area (Å²) in [5.41, 5.74) is 0.870. The number of rotatable bonds is 6. The SMILES string of the molecule is O=C(C(Cc1ccccc1)NS(=O)(=O)c1ccc(F)cc1)N1CCCCC1. The van der Waals surface area contributed by atoms with Crippen LogP contribution in [0.1, 0.15) is 24.8 Å². The van der Waals surface area contributed by atoms with Gasteiger partial charge in [-0.05, 0) is 55.5 Å². The van der Waals surface area contributed by atoms with E-state index in [0.717, 1.165) is 37.0 Å². The highest BCUT2D eigenvalue weighted by Crippen LogP contribution is 2.16. The predicted molar refractivity (Wildman–Crippen MR) is 101 cm³/mol. The van der Waals surface area contributed by atoms with E-state index in [-0.39, 0.29) is 17.2 Å². The largest absolute Gasteiger partial charge is 0.341 e. The van der Waals surface area contributed by atoms with Crippen molar-refractivity contribution in [2.45, 2.75) is 36.6 Å². The Morgan fingerprint density at radius 3 is 2.26 bits per heavy atom. The molecule has 0 aromatic heterocycles. The van der Waals surface area contributed by atoms with Crippen molar-refractivity contribution in [2.75, 3.05) is 13.1 Å². The molecular formula is C20H23FN2O3S. The van der Waals surface area contributed by atoms with Crippen LogP contribution in [0.3, 0.4) is 0 Å². The van der Waals surface area contributed by atoms with Crippen LogP contribution in [-0.4, -0.2) is 38.4 Å².